The number of nitrogens with zero attached hydrogens (tertiary/aromatic N) is 1. The fourth-order valence-corrected chi connectivity index (χ4v) is 3.97. The molecule has 158 valence electrons. The summed E-state index contributed by atoms with van der Waals surface area (Å²) in [6.45, 7) is 3.84. The molecule has 2 atom stereocenters. The van der Waals surface area contributed by atoms with Crippen LogP contribution >= 0.6 is 0 Å². The Hall–Kier alpha value is -3.08. The van der Waals surface area contributed by atoms with E-state index in [0.717, 1.165) is 30.4 Å². The topological polar surface area (TPSA) is 55.8 Å². The Kier molecular flexibility index (Phi) is 7.28. The highest BCUT2D eigenvalue weighted by atomic mass is 16.5. The number of piperidine rings is 1. The number of carbonyl (C=O) groups is 2. The van der Waals surface area contributed by atoms with Gasteiger partial charge in [-0.25, -0.2) is 4.79 Å². The van der Waals surface area contributed by atoms with Crippen molar-refractivity contribution in [3.8, 4) is 5.75 Å². The molecular formula is C25H29NO4. The Morgan fingerprint density at radius 1 is 1.03 bits per heavy atom. The number of likely N-dealkylation sites (tertiary alicyclic amines) is 1. The molecule has 1 amide bonds. The van der Waals surface area contributed by atoms with E-state index in [9.17, 15) is 9.59 Å². The summed E-state index contributed by atoms with van der Waals surface area (Å²) in [7, 11) is 1.60. The molecule has 0 aliphatic carbocycles. The van der Waals surface area contributed by atoms with E-state index in [-0.39, 0.29) is 24.6 Å². The van der Waals surface area contributed by atoms with Crippen LogP contribution in [0.3, 0.4) is 0 Å². The molecule has 1 aliphatic rings. The number of hydrogen-bond donors (Lipinski definition) is 0. The van der Waals surface area contributed by atoms with Gasteiger partial charge in [-0.05, 0) is 62.4 Å². The third-order valence-electron chi connectivity index (χ3n) is 5.52. The second-order valence-electron chi connectivity index (χ2n) is 7.71. The van der Waals surface area contributed by atoms with Crippen LogP contribution in [0.1, 0.15) is 44.2 Å². The van der Waals surface area contributed by atoms with Crippen molar-refractivity contribution in [1.29, 1.82) is 0 Å². The van der Waals surface area contributed by atoms with Crippen LogP contribution in [0.25, 0.3) is 11.6 Å². The van der Waals surface area contributed by atoms with Gasteiger partial charge in [0.25, 0.3) is 5.91 Å². The zero-order valence-corrected chi connectivity index (χ0v) is 17.8. The van der Waals surface area contributed by atoms with E-state index in [2.05, 4.69) is 0 Å². The van der Waals surface area contributed by atoms with E-state index < -0.39 is 5.97 Å². The Bertz CT molecular complexity index is 896. The van der Waals surface area contributed by atoms with Crippen LogP contribution in [0.15, 0.2) is 54.6 Å². The van der Waals surface area contributed by atoms with E-state index in [4.69, 9.17) is 9.47 Å². The van der Waals surface area contributed by atoms with Gasteiger partial charge in [0.1, 0.15) is 5.75 Å². The second kappa shape index (κ2) is 10.1. The van der Waals surface area contributed by atoms with Crippen LogP contribution in [0, 0.1) is 0 Å². The monoisotopic (exact) mass is 407 g/mol. The van der Waals surface area contributed by atoms with E-state index in [0.29, 0.717) is 11.3 Å². The Labute approximate surface area is 178 Å². The number of carbonyl (C=O) groups excluding carboxylic acids is 2. The van der Waals surface area contributed by atoms with Crippen molar-refractivity contribution < 1.29 is 19.1 Å². The zero-order chi connectivity index (χ0) is 21.5. The fraction of sp³-hybridized carbons (Fsp3) is 0.360. The van der Waals surface area contributed by atoms with Gasteiger partial charge in [-0.3, -0.25) is 4.79 Å². The molecule has 30 heavy (non-hydrogen) atoms. The van der Waals surface area contributed by atoms with Crippen molar-refractivity contribution in [2.75, 3.05) is 13.7 Å². The number of benzene rings is 2. The fourth-order valence-electron chi connectivity index (χ4n) is 3.97. The highest BCUT2D eigenvalue weighted by molar-refractivity contribution is 6.21. The molecule has 0 radical (unpaired) electrons. The van der Waals surface area contributed by atoms with Crippen LogP contribution in [0.5, 0.6) is 5.75 Å². The second-order valence-corrected chi connectivity index (χ2v) is 7.71. The van der Waals surface area contributed by atoms with Gasteiger partial charge in [0.2, 0.25) is 0 Å². The van der Waals surface area contributed by atoms with Gasteiger partial charge >= 0.3 is 5.97 Å². The molecule has 0 saturated carbocycles. The van der Waals surface area contributed by atoms with Gasteiger partial charge in [-0.1, -0.05) is 42.5 Å². The molecule has 0 aromatic heterocycles. The molecule has 5 nitrogen and oxygen atoms in total. The number of hydrogen-bond acceptors (Lipinski definition) is 4. The van der Waals surface area contributed by atoms with Crippen molar-refractivity contribution >= 4 is 23.5 Å². The van der Waals surface area contributed by atoms with Gasteiger partial charge in [0.15, 0.2) is 6.61 Å². The van der Waals surface area contributed by atoms with Gasteiger partial charge < -0.3 is 14.4 Å². The predicted octanol–water partition coefficient (Wildman–Crippen LogP) is 4.57. The minimum Gasteiger partial charge on any atom is -0.497 e. The zero-order valence-electron chi connectivity index (χ0n) is 17.8. The maximum Gasteiger partial charge on any atom is 0.339 e. The van der Waals surface area contributed by atoms with Gasteiger partial charge in [0.05, 0.1) is 12.7 Å². The lowest BCUT2D eigenvalue weighted by atomic mass is 9.97. The predicted molar refractivity (Wildman–Crippen MR) is 118 cm³/mol. The lowest BCUT2D eigenvalue weighted by molar-refractivity contribution is -0.151. The van der Waals surface area contributed by atoms with Crippen LogP contribution in [-0.4, -0.2) is 42.6 Å². The summed E-state index contributed by atoms with van der Waals surface area (Å²) in [5, 5.41) is 0. The van der Waals surface area contributed by atoms with E-state index in [1.165, 1.54) is 0 Å². The van der Waals surface area contributed by atoms with Crippen molar-refractivity contribution in [3.63, 3.8) is 0 Å². The molecule has 2 unspecified atom stereocenters. The molecule has 1 saturated heterocycles. The molecule has 2 aromatic carbocycles. The Morgan fingerprint density at radius 2 is 1.73 bits per heavy atom. The molecule has 1 aliphatic heterocycles. The van der Waals surface area contributed by atoms with Crippen molar-refractivity contribution in [2.24, 2.45) is 0 Å². The van der Waals surface area contributed by atoms with Gasteiger partial charge in [0, 0.05) is 12.1 Å². The summed E-state index contributed by atoms with van der Waals surface area (Å²) in [5.74, 6) is 0.0410. The van der Waals surface area contributed by atoms with Gasteiger partial charge in [-0.2, -0.15) is 0 Å². The first kappa shape index (κ1) is 21.6. The first-order valence-electron chi connectivity index (χ1n) is 10.4. The van der Waals surface area contributed by atoms with E-state index in [1.54, 1.807) is 13.2 Å². The normalized spacial score (nSPS) is 19.3. The number of methoxy groups -OCH3 is 1. The van der Waals surface area contributed by atoms with Crippen molar-refractivity contribution in [1.82, 2.24) is 4.90 Å². The molecule has 1 heterocycles. The molecule has 0 bridgehead atoms. The van der Waals surface area contributed by atoms with Crippen LogP contribution < -0.4 is 4.74 Å². The maximum atomic E-state index is 13.0. The Morgan fingerprint density at radius 3 is 2.40 bits per heavy atom. The minimum absolute atomic E-state index is 0.142. The minimum atomic E-state index is -0.519. The average molecular weight is 408 g/mol. The van der Waals surface area contributed by atoms with E-state index in [1.807, 2.05) is 73.3 Å². The summed E-state index contributed by atoms with van der Waals surface area (Å²) in [4.78, 5) is 27.5. The summed E-state index contributed by atoms with van der Waals surface area (Å²) in [6, 6.07) is 17.1. The molecule has 5 heteroatoms. The lowest BCUT2D eigenvalue weighted by Gasteiger charge is -2.38. The summed E-state index contributed by atoms with van der Waals surface area (Å²) in [6.07, 6.45) is 4.84. The van der Waals surface area contributed by atoms with Crippen LogP contribution in [0.2, 0.25) is 0 Å². The highest BCUT2D eigenvalue weighted by Gasteiger charge is 2.29. The number of esters is 1. The number of rotatable bonds is 6. The van der Waals surface area contributed by atoms with Crippen molar-refractivity contribution in [2.45, 2.75) is 45.2 Å². The largest absolute Gasteiger partial charge is 0.497 e. The van der Waals surface area contributed by atoms with Crippen LogP contribution in [-0.2, 0) is 14.3 Å². The summed E-state index contributed by atoms with van der Waals surface area (Å²) in [5.41, 5.74) is 1.95. The van der Waals surface area contributed by atoms with Crippen LogP contribution in [0.4, 0.5) is 0 Å². The highest BCUT2D eigenvalue weighted by Crippen LogP contribution is 2.24. The molecule has 3 rings (SSSR count). The summed E-state index contributed by atoms with van der Waals surface area (Å²) >= 11 is 0. The first-order chi connectivity index (χ1) is 14.5. The SMILES string of the molecule is COc1cccc(/C=C(/C(=O)OCC(=O)N2C(C)CCCC2C)c2ccccc2)c1. The molecule has 2 aromatic rings. The third-order valence-corrected chi connectivity index (χ3v) is 5.52. The third kappa shape index (κ3) is 5.29. The Balaban J connectivity index is 1.79. The lowest BCUT2D eigenvalue weighted by Crippen LogP contribution is -2.49. The smallest absolute Gasteiger partial charge is 0.339 e. The standard InChI is InChI=1S/C25H29NO4/c1-18-9-7-10-19(2)26(18)24(27)17-30-25(28)23(21-12-5-4-6-13-21)16-20-11-8-14-22(15-20)29-3/h4-6,8,11-16,18-19H,7,9-10,17H2,1-3H3/b23-16+. The molecule has 0 spiro atoms. The van der Waals surface area contributed by atoms with Crippen molar-refractivity contribution in [3.05, 3.63) is 65.7 Å². The number of ether oxygens (including phenoxy) is 2. The molecule has 1 fully saturated rings. The average Bonchev–Trinajstić information content (AvgIpc) is 2.76. The molecular weight excluding hydrogens is 378 g/mol. The first-order valence-corrected chi connectivity index (χ1v) is 10.4. The summed E-state index contributed by atoms with van der Waals surface area (Å²) < 4.78 is 10.7. The van der Waals surface area contributed by atoms with E-state index >= 15 is 0 Å². The maximum absolute atomic E-state index is 13.0. The molecule has 0 N–H and O–H groups in total. The number of amides is 1. The quantitative estimate of drug-likeness (QED) is 0.400. The van der Waals surface area contributed by atoms with Gasteiger partial charge in [-0.15, -0.1) is 0 Å².